The second kappa shape index (κ2) is 8.22. The summed E-state index contributed by atoms with van der Waals surface area (Å²) in [5.41, 5.74) is 1.46. The van der Waals surface area contributed by atoms with E-state index in [0.717, 1.165) is 5.56 Å². The topological polar surface area (TPSA) is 113 Å². The first-order valence-corrected chi connectivity index (χ1v) is 9.81. The summed E-state index contributed by atoms with van der Waals surface area (Å²) in [6.45, 7) is 5.23. The van der Waals surface area contributed by atoms with Crippen LogP contribution in [0.2, 0.25) is 0 Å². The molecule has 0 radical (unpaired) electrons. The summed E-state index contributed by atoms with van der Waals surface area (Å²) in [6.07, 6.45) is 0. The van der Waals surface area contributed by atoms with Crippen LogP contribution in [0.15, 0.2) is 53.4 Å². The van der Waals surface area contributed by atoms with Gasteiger partial charge in [-0.3, -0.25) is 9.52 Å². The molecular weight excluding hydrogens is 368 g/mol. The van der Waals surface area contributed by atoms with E-state index < -0.39 is 27.9 Å². The number of hydrogen-bond donors (Lipinski definition) is 3. The number of aliphatic carboxylic acids is 1. The van der Waals surface area contributed by atoms with Crippen LogP contribution >= 0.6 is 0 Å². The van der Waals surface area contributed by atoms with E-state index in [1.165, 1.54) is 24.3 Å². The maximum absolute atomic E-state index is 12.6. The van der Waals surface area contributed by atoms with Crippen molar-refractivity contribution in [3.8, 4) is 0 Å². The molecule has 0 saturated heterocycles. The molecule has 0 spiro atoms. The molecule has 0 aliphatic heterocycles. The van der Waals surface area contributed by atoms with Gasteiger partial charge in [0.15, 0.2) is 0 Å². The number of carbonyl (C=O) groups is 2. The summed E-state index contributed by atoms with van der Waals surface area (Å²) < 4.78 is 27.6. The van der Waals surface area contributed by atoms with Gasteiger partial charge in [-0.1, -0.05) is 37.6 Å². The Kier molecular flexibility index (Phi) is 6.22. The number of carboxylic acid groups (broad SMARTS) is 1. The smallest absolute Gasteiger partial charge is 0.326 e. The fourth-order valence-electron chi connectivity index (χ4n) is 2.38. The summed E-state index contributed by atoms with van der Waals surface area (Å²) >= 11 is 0. The zero-order chi connectivity index (χ0) is 20.2. The first-order valence-electron chi connectivity index (χ1n) is 8.33. The first kappa shape index (κ1) is 20.4. The highest BCUT2D eigenvalue weighted by molar-refractivity contribution is 7.92. The predicted molar refractivity (Wildman–Crippen MR) is 102 cm³/mol. The van der Waals surface area contributed by atoms with Gasteiger partial charge in [-0.05, 0) is 43.2 Å². The SMILES string of the molecule is Cc1ccc(NS(=O)(=O)c2cccc(C(=O)NC(C(=O)O)C(C)C)c2)cc1. The quantitative estimate of drug-likeness (QED) is 0.673. The molecule has 1 unspecified atom stereocenters. The maximum Gasteiger partial charge on any atom is 0.326 e. The molecule has 2 aromatic carbocycles. The number of carboxylic acids is 1. The van der Waals surface area contributed by atoms with Gasteiger partial charge >= 0.3 is 5.97 Å². The van der Waals surface area contributed by atoms with Crippen molar-refractivity contribution in [2.75, 3.05) is 4.72 Å². The van der Waals surface area contributed by atoms with Crippen molar-refractivity contribution in [1.29, 1.82) is 0 Å². The largest absolute Gasteiger partial charge is 0.480 e. The Balaban J connectivity index is 2.24. The number of anilines is 1. The second-order valence-electron chi connectivity index (χ2n) is 6.53. The average Bonchev–Trinajstić information content (AvgIpc) is 2.60. The summed E-state index contributed by atoms with van der Waals surface area (Å²) in [6, 6.07) is 11.2. The molecule has 144 valence electrons. The lowest BCUT2D eigenvalue weighted by molar-refractivity contribution is -0.140. The third-order valence-corrected chi connectivity index (χ3v) is 5.31. The fourth-order valence-corrected chi connectivity index (χ4v) is 3.48. The van der Waals surface area contributed by atoms with Gasteiger partial charge in [0.05, 0.1) is 4.90 Å². The summed E-state index contributed by atoms with van der Waals surface area (Å²) in [4.78, 5) is 23.5. The Morgan fingerprint density at radius 3 is 2.22 bits per heavy atom. The average molecular weight is 390 g/mol. The van der Waals surface area contributed by atoms with E-state index >= 15 is 0 Å². The number of nitrogens with one attached hydrogen (secondary N) is 2. The van der Waals surface area contributed by atoms with E-state index in [2.05, 4.69) is 10.0 Å². The second-order valence-corrected chi connectivity index (χ2v) is 8.22. The van der Waals surface area contributed by atoms with Crippen LogP contribution in [0.5, 0.6) is 0 Å². The van der Waals surface area contributed by atoms with Gasteiger partial charge in [-0.25, -0.2) is 13.2 Å². The van der Waals surface area contributed by atoms with Crippen LogP contribution in [0.3, 0.4) is 0 Å². The van der Waals surface area contributed by atoms with Crippen molar-refractivity contribution < 1.29 is 23.1 Å². The van der Waals surface area contributed by atoms with Crippen molar-refractivity contribution >= 4 is 27.6 Å². The molecule has 0 saturated carbocycles. The lowest BCUT2D eigenvalue weighted by Gasteiger charge is -2.18. The molecule has 1 atom stereocenters. The molecule has 7 nitrogen and oxygen atoms in total. The fraction of sp³-hybridized carbons (Fsp3) is 0.263. The van der Waals surface area contributed by atoms with Crippen LogP contribution in [0.4, 0.5) is 5.69 Å². The van der Waals surface area contributed by atoms with Crippen molar-refractivity contribution in [2.45, 2.75) is 31.7 Å². The van der Waals surface area contributed by atoms with Crippen LogP contribution in [0, 0.1) is 12.8 Å². The number of carbonyl (C=O) groups excluding carboxylic acids is 1. The molecule has 0 fully saturated rings. The minimum atomic E-state index is -3.89. The molecule has 8 heteroatoms. The highest BCUT2D eigenvalue weighted by atomic mass is 32.2. The van der Waals surface area contributed by atoms with Gasteiger partial charge in [0.1, 0.15) is 6.04 Å². The summed E-state index contributed by atoms with van der Waals surface area (Å²) in [7, 11) is -3.89. The number of benzene rings is 2. The highest BCUT2D eigenvalue weighted by Crippen LogP contribution is 2.18. The molecule has 2 aromatic rings. The number of aryl methyl sites for hydroxylation is 1. The molecule has 2 rings (SSSR count). The molecule has 0 aliphatic rings. The molecule has 0 bridgehead atoms. The van der Waals surface area contributed by atoms with E-state index in [1.54, 1.807) is 38.1 Å². The van der Waals surface area contributed by atoms with Crippen molar-refractivity contribution in [2.24, 2.45) is 5.92 Å². The minimum absolute atomic E-state index is 0.0636. The zero-order valence-electron chi connectivity index (χ0n) is 15.3. The Hall–Kier alpha value is -2.87. The number of rotatable bonds is 7. The van der Waals surface area contributed by atoms with Gasteiger partial charge in [-0.15, -0.1) is 0 Å². The van der Waals surface area contributed by atoms with Crippen LogP contribution < -0.4 is 10.0 Å². The molecule has 1 amide bonds. The first-order chi connectivity index (χ1) is 12.6. The van der Waals surface area contributed by atoms with Gasteiger partial charge in [0.25, 0.3) is 15.9 Å². The van der Waals surface area contributed by atoms with Gasteiger partial charge < -0.3 is 10.4 Å². The zero-order valence-corrected chi connectivity index (χ0v) is 16.1. The Morgan fingerprint density at radius 1 is 1.04 bits per heavy atom. The molecule has 0 aromatic heterocycles. The Bertz CT molecular complexity index is 937. The summed E-state index contributed by atoms with van der Waals surface area (Å²) in [5, 5.41) is 11.6. The Labute approximate surface area is 158 Å². The van der Waals surface area contributed by atoms with Crippen molar-refractivity contribution in [1.82, 2.24) is 5.32 Å². The van der Waals surface area contributed by atoms with Gasteiger partial charge in [-0.2, -0.15) is 0 Å². The number of hydrogen-bond acceptors (Lipinski definition) is 4. The van der Waals surface area contributed by atoms with Crippen LogP contribution in [-0.4, -0.2) is 31.4 Å². The van der Waals surface area contributed by atoms with Crippen LogP contribution in [0.25, 0.3) is 0 Å². The standard InChI is InChI=1S/C19H22N2O5S/c1-12(2)17(19(23)24)20-18(22)14-5-4-6-16(11-14)27(25,26)21-15-9-7-13(3)8-10-15/h4-12,17,21H,1-3H3,(H,20,22)(H,23,24). The van der Waals surface area contributed by atoms with E-state index in [9.17, 15) is 23.1 Å². The molecule has 0 heterocycles. The van der Waals surface area contributed by atoms with Crippen molar-refractivity contribution in [3.05, 3.63) is 59.7 Å². The maximum atomic E-state index is 12.6. The molecule has 3 N–H and O–H groups in total. The highest BCUT2D eigenvalue weighted by Gasteiger charge is 2.24. The number of sulfonamides is 1. The third-order valence-electron chi connectivity index (χ3n) is 3.93. The molecule has 0 aliphatic carbocycles. The van der Waals surface area contributed by atoms with Crippen LogP contribution in [-0.2, 0) is 14.8 Å². The van der Waals surface area contributed by atoms with E-state index in [1.807, 2.05) is 6.92 Å². The van der Waals surface area contributed by atoms with E-state index in [0.29, 0.717) is 5.69 Å². The van der Waals surface area contributed by atoms with Gasteiger partial charge in [0, 0.05) is 11.3 Å². The minimum Gasteiger partial charge on any atom is -0.480 e. The van der Waals surface area contributed by atoms with Crippen molar-refractivity contribution in [3.63, 3.8) is 0 Å². The molecular formula is C19H22N2O5S. The van der Waals surface area contributed by atoms with Gasteiger partial charge in [0.2, 0.25) is 0 Å². The molecule has 27 heavy (non-hydrogen) atoms. The monoisotopic (exact) mass is 390 g/mol. The Morgan fingerprint density at radius 2 is 1.67 bits per heavy atom. The lowest BCUT2D eigenvalue weighted by Crippen LogP contribution is -2.44. The van der Waals surface area contributed by atoms with Crippen LogP contribution in [0.1, 0.15) is 29.8 Å². The third kappa shape index (κ3) is 5.30. The predicted octanol–water partition coefficient (Wildman–Crippen LogP) is 2.63. The van der Waals surface area contributed by atoms with E-state index in [4.69, 9.17) is 0 Å². The van der Waals surface area contributed by atoms with E-state index in [-0.39, 0.29) is 16.4 Å². The number of amides is 1. The normalized spacial score (nSPS) is 12.4. The summed E-state index contributed by atoms with van der Waals surface area (Å²) in [5.74, 6) is -2.12. The lowest BCUT2D eigenvalue weighted by atomic mass is 10.0.